The first-order valence-electron chi connectivity index (χ1n) is 11.6. The van der Waals surface area contributed by atoms with Gasteiger partial charge >= 0.3 is 5.97 Å². The van der Waals surface area contributed by atoms with Crippen molar-refractivity contribution in [3.63, 3.8) is 0 Å². The van der Waals surface area contributed by atoms with Gasteiger partial charge < -0.3 is 33.8 Å². The van der Waals surface area contributed by atoms with E-state index in [1.807, 2.05) is 31.7 Å². The zero-order valence-corrected chi connectivity index (χ0v) is 21.1. The van der Waals surface area contributed by atoms with Crippen molar-refractivity contribution in [3.05, 3.63) is 47.4 Å². The fourth-order valence-electron chi connectivity index (χ4n) is 7.14. The third-order valence-electron chi connectivity index (χ3n) is 8.77. The third-order valence-corrected chi connectivity index (χ3v) is 8.77. The van der Waals surface area contributed by atoms with E-state index < -0.39 is 5.60 Å². The third kappa shape index (κ3) is 3.54. The Morgan fingerprint density at radius 2 is 2.12 bits per heavy atom. The molecule has 2 saturated carbocycles. The van der Waals surface area contributed by atoms with Crippen molar-refractivity contribution < 1.29 is 38.6 Å². The molecule has 32 heavy (non-hydrogen) atoms. The van der Waals surface area contributed by atoms with Crippen LogP contribution in [-0.4, -0.2) is 41.7 Å². The Labute approximate surface area is 208 Å². The Morgan fingerprint density at radius 3 is 2.88 bits per heavy atom. The second-order valence-corrected chi connectivity index (χ2v) is 10.3. The maximum atomic E-state index is 13.1. The average Bonchev–Trinajstić information content (AvgIpc) is 3.06. The van der Waals surface area contributed by atoms with Crippen LogP contribution in [0.3, 0.4) is 0 Å². The summed E-state index contributed by atoms with van der Waals surface area (Å²) in [5.41, 5.74) is 2.36. The Bertz CT molecular complexity index is 982. The Kier molecular flexibility index (Phi) is 6.32. The van der Waals surface area contributed by atoms with Crippen molar-refractivity contribution in [2.24, 2.45) is 17.3 Å². The molecule has 0 aromatic heterocycles. The van der Waals surface area contributed by atoms with Gasteiger partial charge in [0.05, 0.1) is 13.0 Å². The summed E-state index contributed by atoms with van der Waals surface area (Å²) in [7, 11) is 2.00. The number of aryl methyl sites for hydroxylation is 1. The predicted molar refractivity (Wildman–Crippen MR) is 120 cm³/mol. The smallest absolute Gasteiger partial charge is 0.421 e. The predicted octanol–water partition coefficient (Wildman–Crippen LogP) is 1.24. The maximum absolute atomic E-state index is 13.1. The Morgan fingerprint density at radius 1 is 1.31 bits per heavy atom. The van der Waals surface area contributed by atoms with Crippen molar-refractivity contribution in [2.75, 3.05) is 20.1 Å². The number of phenolic OH excluding ortho intramolecular Hbond substituents is 1. The van der Waals surface area contributed by atoms with Crippen molar-refractivity contribution in [1.29, 1.82) is 0 Å². The van der Waals surface area contributed by atoms with Gasteiger partial charge in [0.15, 0.2) is 11.2 Å². The Balaban J connectivity index is 0.00000245. The van der Waals surface area contributed by atoms with E-state index in [4.69, 9.17) is 11.2 Å². The summed E-state index contributed by atoms with van der Waals surface area (Å²) in [6.45, 7) is 3.72. The maximum Gasteiger partial charge on any atom is 0.421 e. The van der Waals surface area contributed by atoms with Crippen molar-refractivity contribution >= 4 is 5.97 Å². The monoisotopic (exact) mass is 545 g/mol. The fourth-order valence-corrected chi connectivity index (χ4v) is 7.14. The number of aromatic hydroxyl groups is 1. The number of benzene rings is 1. The van der Waals surface area contributed by atoms with Crippen LogP contribution in [0.1, 0.15) is 56.1 Å². The summed E-state index contributed by atoms with van der Waals surface area (Å²) in [6, 6.07) is 5.88. The molecule has 1 heterocycles. The number of fused-ring (bicyclic) bond motifs is 5. The number of esters is 1. The van der Waals surface area contributed by atoms with E-state index in [-0.39, 0.29) is 35.4 Å². The summed E-state index contributed by atoms with van der Waals surface area (Å²) >= 11 is 0. The van der Waals surface area contributed by atoms with Gasteiger partial charge in [0.1, 0.15) is 18.4 Å². The minimum absolute atomic E-state index is 0. The first kappa shape index (κ1) is 23.5. The molecule has 0 bridgehead atoms. The minimum atomic E-state index is -0.828. The number of carbonyl (C=O) groups is 1. The van der Waals surface area contributed by atoms with E-state index in [1.165, 1.54) is 11.1 Å². The zero-order valence-electron chi connectivity index (χ0n) is 18.9. The first-order chi connectivity index (χ1) is 14.9. The van der Waals surface area contributed by atoms with Crippen LogP contribution in [0, 0.1) is 36.0 Å². The van der Waals surface area contributed by atoms with Crippen molar-refractivity contribution in [1.82, 2.24) is 4.90 Å². The van der Waals surface area contributed by atoms with Crippen LogP contribution < -0.4 is 24.0 Å². The SMILES string of the molecule is C#C[C@]1(OC(=O)C2=C[CH+]CN(C)C2)CC[C@H]2[C@@H]3CCc4cc(O)ccc4[C@H]3CC[C@@]21C.[I-]. The highest BCUT2D eigenvalue weighted by Gasteiger charge is 2.64. The van der Waals surface area contributed by atoms with Gasteiger partial charge in [-0.1, -0.05) is 18.9 Å². The lowest BCUT2D eigenvalue weighted by Crippen LogP contribution is -3.00. The molecular formula is C27H32INO3. The molecule has 0 spiro atoms. The number of rotatable bonds is 2. The summed E-state index contributed by atoms with van der Waals surface area (Å²) in [4.78, 5) is 15.2. The van der Waals surface area contributed by atoms with Crippen LogP contribution in [0.5, 0.6) is 5.75 Å². The van der Waals surface area contributed by atoms with Crippen LogP contribution >= 0.6 is 0 Å². The molecule has 1 N–H and O–H groups in total. The molecule has 0 saturated heterocycles. The number of phenols is 1. The minimum Gasteiger partial charge on any atom is -1.00 e. The van der Waals surface area contributed by atoms with E-state index in [0.29, 0.717) is 35.6 Å². The number of carbonyl (C=O) groups excluding carboxylic acids is 1. The summed E-state index contributed by atoms with van der Waals surface area (Å²) in [5.74, 6) is 4.61. The van der Waals surface area contributed by atoms with Gasteiger partial charge in [0.2, 0.25) is 0 Å². The first-order valence-corrected chi connectivity index (χ1v) is 11.6. The quantitative estimate of drug-likeness (QED) is 0.263. The van der Waals surface area contributed by atoms with Gasteiger partial charge in [0, 0.05) is 5.41 Å². The van der Waals surface area contributed by atoms with Crippen LogP contribution in [-0.2, 0) is 16.0 Å². The van der Waals surface area contributed by atoms with Gasteiger partial charge in [-0.25, -0.2) is 4.79 Å². The van der Waals surface area contributed by atoms with Crippen LogP contribution in [0.2, 0.25) is 0 Å². The number of halogens is 1. The number of nitrogens with zero attached hydrogens (tertiary/aromatic N) is 1. The zero-order chi connectivity index (χ0) is 21.8. The second-order valence-electron chi connectivity index (χ2n) is 10.3. The highest BCUT2D eigenvalue weighted by molar-refractivity contribution is 5.90. The number of ether oxygens (including phenoxy) is 1. The lowest BCUT2D eigenvalue weighted by Gasteiger charge is -2.52. The molecule has 170 valence electrons. The molecular weight excluding hydrogens is 513 g/mol. The van der Waals surface area contributed by atoms with Gasteiger partial charge in [-0.2, -0.15) is 0 Å². The van der Waals surface area contributed by atoms with Gasteiger partial charge in [-0.05, 0) is 86.6 Å². The number of hydrogen-bond acceptors (Lipinski definition) is 4. The second kappa shape index (κ2) is 8.61. The molecule has 5 heteroatoms. The molecule has 4 nitrogen and oxygen atoms in total. The highest BCUT2D eigenvalue weighted by atomic mass is 127. The summed E-state index contributed by atoms with van der Waals surface area (Å²) in [6.07, 6.45) is 15.9. The number of terminal acetylenes is 1. The Hall–Kier alpha value is -1.65. The van der Waals surface area contributed by atoms with Gasteiger partial charge in [-0.15, -0.1) is 6.42 Å². The lowest BCUT2D eigenvalue weighted by molar-refractivity contribution is -0.164. The molecule has 3 aliphatic carbocycles. The molecule has 2 fully saturated rings. The molecule has 1 aromatic carbocycles. The molecule has 1 aromatic rings. The lowest BCUT2D eigenvalue weighted by atomic mass is 9.53. The van der Waals surface area contributed by atoms with E-state index in [9.17, 15) is 9.90 Å². The average molecular weight is 545 g/mol. The van der Waals surface area contributed by atoms with Crippen LogP contribution in [0.15, 0.2) is 29.8 Å². The number of likely N-dealkylation sites (N-methyl/N-ethyl adjacent to an activating group) is 1. The number of hydrogen-bond donors (Lipinski definition) is 1. The van der Waals surface area contributed by atoms with E-state index in [0.717, 1.165) is 45.1 Å². The summed E-state index contributed by atoms with van der Waals surface area (Å²) < 4.78 is 6.25. The van der Waals surface area contributed by atoms with E-state index >= 15 is 0 Å². The standard InChI is InChI=1S/C27H31NO3.HI/c1-4-27(31-25(30)19-6-5-15-28(3)17-19)14-12-24-23-9-7-18-16-20(29)8-10-21(18)22(23)11-13-26(24,27)2;/h1,5-6,8,10,16,22-24H,7,9,11-15,17H2,2-3H3;1H/t22-,23-,24+,26+,27+;/m1./s1. The molecule has 4 aliphatic rings. The van der Waals surface area contributed by atoms with Gasteiger partial charge in [0.25, 0.3) is 0 Å². The highest BCUT2D eigenvalue weighted by Crippen LogP contribution is 2.65. The molecule has 5 atom stereocenters. The van der Waals surface area contributed by atoms with Gasteiger partial charge in [-0.3, -0.25) is 4.90 Å². The molecule has 0 radical (unpaired) electrons. The normalized spacial score (nSPS) is 35.7. The largest absolute Gasteiger partial charge is 1.00 e. The molecule has 5 rings (SSSR count). The molecule has 0 amide bonds. The van der Waals surface area contributed by atoms with Crippen LogP contribution in [0.25, 0.3) is 0 Å². The topological polar surface area (TPSA) is 49.8 Å². The molecule has 1 aliphatic heterocycles. The van der Waals surface area contributed by atoms with Crippen LogP contribution in [0.4, 0.5) is 0 Å². The van der Waals surface area contributed by atoms with Crippen molar-refractivity contribution in [3.8, 4) is 18.1 Å². The molecule has 0 unspecified atom stereocenters. The van der Waals surface area contributed by atoms with Crippen molar-refractivity contribution in [2.45, 2.75) is 57.0 Å². The fraction of sp³-hybridized carbons (Fsp3) is 0.556. The summed E-state index contributed by atoms with van der Waals surface area (Å²) in [5, 5.41) is 9.90. The van der Waals surface area contributed by atoms with E-state index in [2.05, 4.69) is 23.8 Å². The van der Waals surface area contributed by atoms with E-state index in [1.54, 1.807) is 0 Å².